The van der Waals surface area contributed by atoms with Gasteiger partial charge >= 0.3 is 5.97 Å². The molecule has 0 spiro atoms. The zero-order valence-electron chi connectivity index (χ0n) is 14.0. The Balaban J connectivity index is 2.44. The third-order valence-corrected chi connectivity index (χ3v) is 3.26. The number of carbonyl (C=O) groups is 3. The fourth-order valence-electron chi connectivity index (χ4n) is 2.14. The van der Waals surface area contributed by atoms with Crippen molar-refractivity contribution in [2.75, 3.05) is 7.05 Å². The maximum atomic E-state index is 12.0. The molecule has 0 atom stereocenters. The first-order valence-electron chi connectivity index (χ1n) is 7.56. The van der Waals surface area contributed by atoms with Crippen LogP contribution in [0.2, 0.25) is 0 Å². The maximum Gasteiger partial charge on any atom is 0.339 e. The molecule has 0 aliphatic heterocycles. The Kier molecular flexibility index (Phi) is 6.81. The van der Waals surface area contributed by atoms with Gasteiger partial charge in [-0.2, -0.15) is 0 Å². The molecule has 0 aromatic carbocycles. The normalized spacial score (nSPS) is 10.7. The minimum Gasteiger partial charge on any atom is -0.478 e. The summed E-state index contributed by atoms with van der Waals surface area (Å²) in [4.78, 5) is 35.9. The summed E-state index contributed by atoms with van der Waals surface area (Å²) >= 11 is 0. The van der Waals surface area contributed by atoms with Crippen molar-refractivity contribution in [1.82, 2.24) is 10.2 Å². The number of amides is 2. The van der Waals surface area contributed by atoms with Gasteiger partial charge in [-0.05, 0) is 33.3 Å². The minimum absolute atomic E-state index is 0.0665. The number of furan rings is 1. The molecule has 0 saturated carbocycles. The van der Waals surface area contributed by atoms with Gasteiger partial charge in [0, 0.05) is 25.9 Å². The van der Waals surface area contributed by atoms with E-state index in [2.05, 4.69) is 5.32 Å². The first kappa shape index (κ1) is 18.7. The first-order chi connectivity index (χ1) is 10.7. The number of hydrogen-bond donors (Lipinski definition) is 2. The van der Waals surface area contributed by atoms with Gasteiger partial charge in [0.05, 0.1) is 6.54 Å². The van der Waals surface area contributed by atoms with E-state index in [0.717, 1.165) is 0 Å². The molecule has 0 fully saturated rings. The summed E-state index contributed by atoms with van der Waals surface area (Å²) < 4.78 is 5.34. The highest BCUT2D eigenvalue weighted by molar-refractivity contribution is 5.88. The largest absolute Gasteiger partial charge is 0.478 e. The van der Waals surface area contributed by atoms with Crippen molar-refractivity contribution in [2.45, 2.75) is 52.6 Å². The van der Waals surface area contributed by atoms with Gasteiger partial charge in [-0.3, -0.25) is 9.59 Å². The van der Waals surface area contributed by atoms with Gasteiger partial charge in [-0.1, -0.05) is 0 Å². The van der Waals surface area contributed by atoms with Crippen LogP contribution in [0.4, 0.5) is 0 Å². The third-order valence-electron chi connectivity index (χ3n) is 3.26. The average molecular weight is 324 g/mol. The third kappa shape index (κ3) is 6.14. The van der Waals surface area contributed by atoms with Crippen LogP contribution in [-0.4, -0.2) is 40.9 Å². The Morgan fingerprint density at radius 3 is 2.48 bits per heavy atom. The molecule has 128 valence electrons. The molecule has 7 nitrogen and oxygen atoms in total. The molecule has 2 amide bonds. The molecule has 1 aromatic rings. The van der Waals surface area contributed by atoms with Crippen LogP contribution in [0.15, 0.2) is 10.5 Å². The van der Waals surface area contributed by atoms with Crippen molar-refractivity contribution in [3.05, 3.63) is 23.2 Å². The van der Waals surface area contributed by atoms with E-state index in [1.54, 1.807) is 14.0 Å². The smallest absolute Gasteiger partial charge is 0.339 e. The SMILES string of the molecule is Cc1oc(CN(C)C(=O)CCCC(=O)NC(C)C)cc1C(=O)O. The number of carboxylic acids is 1. The van der Waals surface area contributed by atoms with Crippen molar-refractivity contribution in [2.24, 2.45) is 0 Å². The highest BCUT2D eigenvalue weighted by Crippen LogP contribution is 2.16. The van der Waals surface area contributed by atoms with E-state index < -0.39 is 5.97 Å². The summed E-state index contributed by atoms with van der Waals surface area (Å²) in [7, 11) is 1.62. The molecule has 7 heteroatoms. The molecule has 0 radical (unpaired) electrons. The van der Waals surface area contributed by atoms with Crippen molar-refractivity contribution >= 4 is 17.8 Å². The number of hydrogen-bond acceptors (Lipinski definition) is 4. The fourth-order valence-corrected chi connectivity index (χ4v) is 2.14. The molecule has 2 N–H and O–H groups in total. The lowest BCUT2D eigenvalue weighted by molar-refractivity contribution is -0.130. The maximum absolute atomic E-state index is 12.0. The highest BCUT2D eigenvalue weighted by Gasteiger charge is 2.17. The number of rotatable bonds is 8. The number of carboxylic acid groups (broad SMARTS) is 1. The lowest BCUT2D eigenvalue weighted by atomic mass is 10.2. The fraction of sp³-hybridized carbons (Fsp3) is 0.562. The predicted molar refractivity (Wildman–Crippen MR) is 84.0 cm³/mol. The Hall–Kier alpha value is -2.31. The van der Waals surface area contributed by atoms with Gasteiger partial charge in [0.25, 0.3) is 0 Å². The van der Waals surface area contributed by atoms with Crippen LogP contribution in [0.25, 0.3) is 0 Å². The van der Waals surface area contributed by atoms with E-state index in [0.29, 0.717) is 24.4 Å². The lowest BCUT2D eigenvalue weighted by Gasteiger charge is -2.15. The van der Waals surface area contributed by atoms with Crippen molar-refractivity contribution in [3.63, 3.8) is 0 Å². The van der Waals surface area contributed by atoms with Gasteiger partial charge < -0.3 is 19.7 Å². The number of aromatic carboxylic acids is 1. The number of nitrogens with one attached hydrogen (secondary N) is 1. The zero-order valence-corrected chi connectivity index (χ0v) is 14.0. The molecule has 0 aliphatic rings. The monoisotopic (exact) mass is 324 g/mol. The Labute approximate surface area is 135 Å². The first-order valence-corrected chi connectivity index (χ1v) is 7.56. The number of nitrogens with zero attached hydrogens (tertiary/aromatic N) is 1. The van der Waals surface area contributed by atoms with Crippen LogP contribution in [0.5, 0.6) is 0 Å². The van der Waals surface area contributed by atoms with E-state index in [9.17, 15) is 14.4 Å². The number of aryl methyl sites for hydroxylation is 1. The van der Waals surface area contributed by atoms with Crippen LogP contribution in [0, 0.1) is 6.92 Å². The van der Waals surface area contributed by atoms with Crippen LogP contribution >= 0.6 is 0 Å². The summed E-state index contributed by atoms with van der Waals surface area (Å²) in [5, 5.41) is 11.7. The van der Waals surface area contributed by atoms with Crippen LogP contribution in [0.3, 0.4) is 0 Å². The molecule has 0 bridgehead atoms. The molecule has 1 heterocycles. The second-order valence-corrected chi connectivity index (χ2v) is 5.81. The van der Waals surface area contributed by atoms with E-state index in [4.69, 9.17) is 9.52 Å². The molecular weight excluding hydrogens is 300 g/mol. The molecule has 23 heavy (non-hydrogen) atoms. The second kappa shape index (κ2) is 8.36. The van der Waals surface area contributed by atoms with Gasteiger partial charge in [-0.15, -0.1) is 0 Å². The molecule has 0 saturated heterocycles. The van der Waals surface area contributed by atoms with E-state index in [-0.39, 0.29) is 36.4 Å². The Morgan fingerprint density at radius 2 is 1.96 bits per heavy atom. The number of carbonyl (C=O) groups excluding carboxylic acids is 2. The Bertz CT molecular complexity index is 577. The predicted octanol–water partition coefficient (Wildman–Crippen LogP) is 1.94. The molecule has 1 aromatic heterocycles. The summed E-state index contributed by atoms with van der Waals surface area (Å²) in [6, 6.07) is 1.52. The van der Waals surface area contributed by atoms with Gasteiger partial charge in [0.2, 0.25) is 11.8 Å². The van der Waals surface area contributed by atoms with Crippen molar-refractivity contribution in [3.8, 4) is 0 Å². The topological polar surface area (TPSA) is 99.9 Å². The van der Waals surface area contributed by atoms with E-state index in [1.807, 2.05) is 13.8 Å². The van der Waals surface area contributed by atoms with Gasteiger partial charge in [0.1, 0.15) is 17.1 Å². The second-order valence-electron chi connectivity index (χ2n) is 5.81. The van der Waals surface area contributed by atoms with E-state index >= 15 is 0 Å². The van der Waals surface area contributed by atoms with Gasteiger partial charge in [0.15, 0.2) is 0 Å². The highest BCUT2D eigenvalue weighted by atomic mass is 16.4. The standard InChI is InChI=1S/C16H24N2O5/c1-10(2)17-14(19)6-5-7-15(20)18(4)9-12-8-13(16(21)22)11(3)23-12/h8,10H,5-7,9H2,1-4H3,(H,17,19)(H,21,22). The summed E-state index contributed by atoms with van der Waals surface area (Å²) in [5.41, 5.74) is 0.103. The summed E-state index contributed by atoms with van der Waals surface area (Å²) in [5.74, 6) is -0.494. The van der Waals surface area contributed by atoms with Crippen molar-refractivity contribution < 1.29 is 23.9 Å². The summed E-state index contributed by atoms with van der Waals surface area (Å²) in [6.45, 7) is 5.54. The average Bonchev–Trinajstić information content (AvgIpc) is 2.78. The zero-order chi connectivity index (χ0) is 17.6. The molecule has 0 aliphatic carbocycles. The molecule has 1 rings (SSSR count). The quantitative estimate of drug-likeness (QED) is 0.761. The molecular formula is C16H24N2O5. The van der Waals surface area contributed by atoms with E-state index in [1.165, 1.54) is 11.0 Å². The lowest BCUT2D eigenvalue weighted by Crippen LogP contribution is -2.30. The Morgan fingerprint density at radius 1 is 1.30 bits per heavy atom. The minimum atomic E-state index is -1.05. The summed E-state index contributed by atoms with van der Waals surface area (Å²) in [6.07, 6.45) is 1.04. The van der Waals surface area contributed by atoms with Crippen LogP contribution in [0.1, 0.15) is 55.0 Å². The molecule has 0 unspecified atom stereocenters. The van der Waals surface area contributed by atoms with Crippen LogP contribution in [-0.2, 0) is 16.1 Å². The van der Waals surface area contributed by atoms with Gasteiger partial charge in [-0.25, -0.2) is 4.79 Å². The van der Waals surface area contributed by atoms with Crippen LogP contribution < -0.4 is 5.32 Å². The van der Waals surface area contributed by atoms with Crippen molar-refractivity contribution in [1.29, 1.82) is 0 Å².